The molecular weight excluding hydrogens is 290 g/mol. The first-order valence-electron chi connectivity index (χ1n) is 7.09. The topological polar surface area (TPSA) is 74.3 Å². The van der Waals surface area contributed by atoms with Gasteiger partial charge in [-0.1, -0.05) is 0 Å². The summed E-state index contributed by atoms with van der Waals surface area (Å²) >= 11 is 0. The fourth-order valence-electron chi connectivity index (χ4n) is 2.05. The highest BCUT2D eigenvalue weighted by atomic mass is 16.7. The molecule has 0 atom stereocenters. The van der Waals surface area contributed by atoms with Gasteiger partial charge in [0.05, 0.1) is 13.2 Å². The van der Waals surface area contributed by atoms with E-state index < -0.39 is 11.9 Å². The van der Waals surface area contributed by atoms with Crippen molar-refractivity contribution in [1.29, 1.82) is 0 Å². The third kappa shape index (κ3) is 4.03. The summed E-state index contributed by atoms with van der Waals surface area (Å²) in [5.74, 6) is 0.389. The molecule has 0 fully saturated rings. The van der Waals surface area contributed by atoms with Gasteiger partial charge in [0.15, 0.2) is 11.5 Å². The summed E-state index contributed by atoms with van der Waals surface area (Å²) in [6.07, 6.45) is 0. The molecule has 0 N–H and O–H groups in total. The fourth-order valence-corrected chi connectivity index (χ4v) is 2.05. The highest BCUT2D eigenvalue weighted by molar-refractivity contribution is 5.81. The molecule has 0 saturated carbocycles. The van der Waals surface area contributed by atoms with Gasteiger partial charge in [-0.2, -0.15) is 0 Å². The summed E-state index contributed by atoms with van der Waals surface area (Å²) < 4.78 is 20.4. The van der Waals surface area contributed by atoms with E-state index >= 15 is 0 Å². The van der Waals surface area contributed by atoms with Gasteiger partial charge in [0.2, 0.25) is 6.79 Å². The van der Waals surface area contributed by atoms with Crippen LogP contribution in [0.1, 0.15) is 13.8 Å². The van der Waals surface area contributed by atoms with Crippen molar-refractivity contribution in [3.8, 4) is 11.5 Å². The van der Waals surface area contributed by atoms with E-state index in [2.05, 4.69) is 0 Å². The second-order valence-corrected chi connectivity index (χ2v) is 4.50. The lowest BCUT2D eigenvalue weighted by molar-refractivity contribution is -0.142. The molecule has 1 aromatic carbocycles. The SMILES string of the molecule is CCOC(=O)CN(CC(=O)OCC)c1ccc2c(c1)OCO2. The predicted octanol–water partition coefficient (Wildman–Crippen LogP) is 1.35. The lowest BCUT2D eigenvalue weighted by Gasteiger charge is -2.22. The molecule has 1 aromatic rings. The van der Waals surface area contributed by atoms with Gasteiger partial charge in [-0.3, -0.25) is 9.59 Å². The van der Waals surface area contributed by atoms with Gasteiger partial charge in [-0.15, -0.1) is 0 Å². The summed E-state index contributed by atoms with van der Waals surface area (Å²) in [6, 6.07) is 5.22. The molecule has 0 unspecified atom stereocenters. The minimum atomic E-state index is -0.413. The zero-order valence-corrected chi connectivity index (χ0v) is 12.7. The molecule has 0 spiro atoms. The molecule has 0 aromatic heterocycles. The van der Waals surface area contributed by atoms with Gasteiger partial charge >= 0.3 is 11.9 Å². The number of hydrogen-bond acceptors (Lipinski definition) is 7. The third-order valence-corrected chi connectivity index (χ3v) is 2.97. The Morgan fingerprint density at radius 1 is 1.05 bits per heavy atom. The number of carbonyl (C=O) groups excluding carboxylic acids is 2. The average Bonchev–Trinajstić information content (AvgIpc) is 2.94. The van der Waals surface area contributed by atoms with Crippen molar-refractivity contribution in [2.24, 2.45) is 0 Å². The normalized spacial score (nSPS) is 11.9. The van der Waals surface area contributed by atoms with E-state index in [1.807, 2.05) is 0 Å². The van der Waals surface area contributed by atoms with Crippen LogP contribution in [0.3, 0.4) is 0 Å². The van der Waals surface area contributed by atoms with Crippen molar-refractivity contribution in [3.63, 3.8) is 0 Å². The number of ether oxygens (including phenoxy) is 4. The minimum absolute atomic E-state index is 0.0493. The number of fused-ring (bicyclic) bond motifs is 1. The van der Waals surface area contributed by atoms with Gasteiger partial charge in [0, 0.05) is 11.8 Å². The Labute approximate surface area is 128 Å². The molecule has 120 valence electrons. The van der Waals surface area contributed by atoms with Gasteiger partial charge in [-0.05, 0) is 26.0 Å². The molecule has 2 rings (SSSR count). The average molecular weight is 309 g/mol. The number of hydrogen-bond donors (Lipinski definition) is 0. The molecule has 7 heteroatoms. The van der Waals surface area contributed by atoms with Crippen LogP contribution in [0.5, 0.6) is 11.5 Å². The number of anilines is 1. The van der Waals surface area contributed by atoms with Crippen molar-refractivity contribution in [2.45, 2.75) is 13.8 Å². The van der Waals surface area contributed by atoms with E-state index in [0.717, 1.165) is 0 Å². The van der Waals surface area contributed by atoms with E-state index in [-0.39, 0.29) is 33.1 Å². The van der Waals surface area contributed by atoms with Crippen LogP contribution in [0.25, 0.3) is 0 Å². The van der Waals surface area contributed by atoms with Crippen molar-refractivity contribution >= 4 is 17.6 Å². The minimum Gasteiger partial charge on any atom is -0.465 e. The molecule has 1 heterocycles. The molecule has 22 heavy (non-hydrogen) atoms. The Kier molecular flexibility index (Phi) is 5.46. The Balaban J connectivity index is 2.15. The van der Waals surface area contributed by atoms with Crippen molar-refractivity contribution in [2.75, 3.05) is 38.0 Å². The number of benzene rings is 1. The maximum Gasteiger partial charge on any atom is 0.325 e. The van der Waals surface area contributed by atoms with Gasteiger partial charge in [0.25, 0.3) is 0 Å². The van der Waals surface area contributed by atoms with Crippen LogP contribution < -0.4 is 14.4 Å². The lowest BCUT2D eigenvalue weighted by atomic mass is 10.2. The Morgan fingerprint density at radius 3 is 2.23 bits per heavy atom. The molecule has 0 saturated heterocycles. The zero-order chi connectivity index (χ0) is 15.9. The number of esters is 2. The molecule has 0 aliphatic carbocycles. The summed E-state index contributed by atoms with van der Waals surface area (Å²) in [5.41, 5.74) is 0.658. The standard InChI is InChI=1S/C15H19NO6/c1-3-19-14(17)8-16(9-15(18)20-4-2)11-5-6-12-13(7-11)22-10-21-12/h5-7H,3-4,8-10H2,1-2H3. The summed E-state index contributed by atoms with van der Waals surface area (Å²) in [6.45, 7) is 4.09. The van der Waals surface area contributed by atoms with Gasteiger partial charge < -0.3 is 23.8 Å². The summed E-state index contributed by atoms with van der Waals surface area (Å²) in [7, 11) is 0. The summed E-state index contributed by atoms with van der Waals surface area (Å²) in [4.78, 5) is 25.0. The van der Waals surface area contributed by atoms with Crippen molar-refractivity contribution in [3.05, 3.63) is 18.2 Å². The van der Waals surface area contributed by atoms with Crippen LogP contribution in [0.2, 0.25) is 0 Å². The zero-order valence-electron chi connectivity index (χ0n) is 12.7. The summed E-state index contributed by atoms with van der Waals surface area (Å²) in [5, 5.41) is 0. The lowest BCUT2D eigenvalue weighted by Crippen LogP contribution is -2.36. The fraction of sp³-hybridized carbons (Fsp3) is 0.467. The largest absolute Gasteiger partial charge is 0.465 e. The van der Waals surface area contributed by atoms with E-state index in [9.17, 15) is 9.59 Å². The first-order chi connectivity index (χ1) is 10.6. The van der Waals surface area contributed by atoms with Crippen LogP contribution in [-0.4, -0.2) is 45.0 Å². The Bertz CT molecular complexity index is 525. The van der Waals surface area contributed by atoms with E-state index in [1.54, 1.807) is 36.9 Å². The molecular formula is C15H19NO6. The first kappa shape index (κ1) is 15.9. The van der Waals surface area contributed by atoms with E-state index in [1.165, 1.54) is 0 Å². The molecule has 1 aliphatic rings. The predicted molar refractivity (Wildman–Crippen MR) is 78.0 cm³/mol. The highest BCUT2D eigenvalue weighted by Crippen LogP contribution is 2.35. The molecule has 7 nitrogen and oxygen atoms in total. The maximum absolute atomic E-state index is 11.7. The number of rotatable bonds is 7. The second kappa shape index (κ2) is 7.53. The highest BCUT2D eigenvalue weighted by Gasteiger charge is 2.20. The third-order valence-electron chi connectivity index (χ3n) is 2.97. The van der Waals surface area contributed by atoms with Crippen LogP contribution in [0, 0.1) is 0 Å². The van der Waals surface area contributed by atoms with Crippen LogP contribution in [0.4, 0.5) is 5.69 Å². The number of nitrogens with zero attached hydrogens (tertiary/aromatic N) is 1. The van der Waals surface area contributed by atoms with Crippen LogP contribution in [-0.2, 0) is 19.1 Å². The van der Waals surface area contributed by atoms with E-state index in [4.69, 9.17) is 18.9 Å². The molecule has 0 bridgehead atoms. The monoisotopic (exact) mass is 309 g/mol. The number of carbonyl (C=O) groups is 2. The van der Waals surface area contributed by atoms with Crippen LogP contribution >= 0.6 is 0 Å². The van der Waals surface area contributed by atoms with Gasteiger partial charge in [-0.25, -0.2) is 0 Å². The smallest absolute Gasteiger partial charge is 0.325 e. The van der Waals surface area contributed by atoms with E-state index in [0.29, 0.717) is 17.2 Å². The first-order valence-corrected chi connectivity index (χ1v) is 7.09. The molecule has 0 radical (unpaired) electrons. The van der Waals surface area contributed by atoms with Crippen molar-refractivity contribution in [1.82, 2.24) is 0 Å². The quantitative estimate of drug-likeness (QED) is 0.704. The Morgan fingerprint density at radius 2 is 1.64 bits per heavy atom. The Hall–Kier alpha value is -2.44. The van der Waals surface area contributed by atoms with Crippen LogP contribution in [0.15, 0.2) is 18.2 Å². The second-order valence-electron chi connectivity index (χ2n) is 4.50. The molecule has 1 aliphatic heterocycles. The maximum atomic E-state index is 11.7. The van der Waals surface area contributed by atoms with Gasteiger partial charge in [0.1, 0.15) is 13.1 Å². The molecule has 0 amide bonds. The van der Waals surface area contributed by atoms with Crippen molar-refractivity contribution < 1.29 is 28.5 Å².